The molecule has 2 aromatic carbocycles. The van der Waals surface area contributed by atoms with E-state index in [1.165, 1.54) is 12.1 Å². The van der Waals surface area contributed by atoms with Gasteiger partial charge in [-0.1, -0.05) is 12.1 Å². The lowest BCUT2D eigenvalue weighted by Crippen LogP contribution is -2.44. The summed E-state index contributed by atoms with van der Waals surface area (Å²) in [5.74, 6) is -1.67. The summed E-state index contributed by atoms with van der Waals surface area (Å²) in [4.78, 5) is 14.7. The average Bonchev–Trinajstić information content (AvgIpc) is 2.70. The van der Waals surface area contributed by atoms with E-state index >= 15 is 0 Å². The van der Waals surface area contributed by atoms with Gasteiger partial charge in [-0.25, -0.2) is 21.9 Å². The number of carbonyl (C=O) groups excluding carboxylic acids is 1. The molecule has 0 aromatic heterocycles. The van der Waals surface area contributed by atoms with E-state index in [4.69, 9.17) is 0 Å². The second-order valence-electron chi connectivity index (χ2n) is 8.07. The van der Waals surface area contributed by atoms with Gasteiger partial charge in [0.05, 0.1) is 10.5 Å². The maximum atomic E-state index is 14.2. The predicted octanol–water partition coefficient (Wildman–Crippen LogP) is 3.05. The van der Waals surface area contributed by atoms with Gasteiger partial charge < -0.3 is 5.32 Å². The van der Waals surface area contributed by atoms with Gasteiger partial charge in [-0.2, -0.15) is 0 Å². The first kappa shape index (κ1) is 23.3. The van der Waals surface area contributed by atoms with E-state index in [1.807, 2.05) is 0 Å². The lowest BCUT2D eigenvalue weighted by Gasteiger charge is -2.32. The van der Waals surface area contributed by atoms with Crippen LogP contribution >= 0.6 is 0 Å². The molecule has 1 saturated heterocycles. The summed E-state index contributed by atoms with van der Waals surface area (Å²) in [6.45, 7) is 5.52. The molecule has 1 amide bonds. The molecule has 168 valence electrons. The van der Waals surface area contributed by atoms with Gasteiger partial charge in [-0.15, -0.1) is 0 Å². The molecule has 0 radical (unpaired) electrons. The molecular weight excluding hydrogens is 424 g/mol. The van der Waals surface area contributed by atoms with Crippen LogP contribution in [0.3, 0.4) is 0 Å². The number of nitrogens with zero attached hydrogens (tertiary/aromatic N) is 1. The summed E-state index contributed by atoms with van der Waals surface area (Å²) in [5.41, 5.74) is 0.722. The number of hydrogen-bond acceptors (Lipinski definition) is 4. The van der Waals surface area contributed by atoms with Crippen LogP contribution < -0.4 is 10.0 Å². The summed E-state index contributed by atoms with van der Waals surface area (Å²) in [6, 6.07) is 9.11. The van der Waals surface area contributed by atoms with Crippen LogP contribution in [0, 0.1) is 11.6 Å². The number of nitrogens with one attached hydrogen (secondary N) is 2. The number of halogens is 2. The fourth-order valence-corrected chi connectivity index (χ4v) is 4.85. The molecule has 1 aliphatic heterocycles. The topological polar surface area (TPSA) is 78.5 Å². The number of benzene rings is 2. The second kappa shape index (κ2) is 9.84. The monoisotopic (exact) mass is 451 g/mol. The molecule has 2 N–H and O–H groups in total. The third-order valence-corrected chi connectivity index (χ3v) is 6.78. The largest absolute Gasteiger partial charge is 0.349 e. The Morgan fingerprint density at radius 2 is 1.74 bits per heavy atom. The molecule has 0 spiro atoms. The third kappa shape index (κ3) is 6.32. The number of piperidine rings is 1. The summed E-state index contributed by atoms with van der Waals surface area (Å²) < 4.78 is 54.4. The molecule has 0 unspecified atom stereocenters. The van der Waals surface area contributed by atoms with Crippen molar-refractivity contribution in [3.63, 3.8) is 0 Å². The smallest absolute Gasteiger partial charge is 0.254 e. The van der Waals surface area contributed by atoms with E-state index in [2.05, 4.69) is 14.9 Å². The normalized spacial score (nSPS) is 15.9. The molecule has 1 aliphatic rings. The number of sulfonamides is 1. The van der Waals surface area contributed by atoms with Gasteiger partial charge in [0.15, 0.2) is 0 Å². The molecule has 1 heterocycles. The molecule has 9 heteroatoms. The van der Waals surface area contributed by atoms with Gasteiger partial charge >= 0.3 is 0 Å². The first-order valence-corrected chi connectivity index (χ1v) is 11.7. The minimum atomic E-state index is -3.83. The SMILES string of the molecule is CC(C)NS(=O)(=O)c1ccc(F)c(C(=O)NC2CCN(Cc3ccc(F)cc3)CC2)c1. The van der Waals surface area contributed by atoms with Gasteiger partial charge in [0.2, 0.25) is 10.0 Å². The predicted molar refractivity (Wildman–Crippen MR) is 114 cm³/mol. The molecule has 6 nitrogen and oxygen atoms in total. The second-order valence-corrected chi connectivity index (χ2v) is 9.78. The quantitative estimate of drug-likeness (QED) is 0.678. The van der Waals surface area contributed by atoms with Crippen LogP contribution in [-0.2, 0) is 16.6 Å². The standard InChI is InChI=1S/C22H27F2N3O3S/c1-15(2)26-31(29,30)19-7-8-21(24)20(13-19)22(28)25-18-9-11-27(12-10-18)14-16-3-5-17(23)6-4-16/h3-8,13,15,18,26H,9-12,14H2,1-2H3,(H,25,28). The maximum absolute atomic E-state index is 14.2. The molecule has 3 rings (SSSR count). The van der Waals surface area contributed by atoms with E-state index in [0.29, 0.717) is 19.4 Å². The number of carbonyl (C=O) groups is 1. The Bertz CT molecular complexity index is 1020. The first-order chi connectivity index (χ1) is 14.6. The number of rotatable bonds is 7. The highest BCUT2D eigenvalue weighted by atomic mass is 32.2. The fraction of sp³-hybridized carbons (Fsp3) is 0.409. The zero-order chi connectivity index (χ0) is 22.6. The lowest BCUT2D eigenvalue weighted by molar-refractivity contribution is 0.0904. The average molecular weight is 452 g/mol. The molecule has 2 aromatic rings. The van der Waals surface area contributed by atoms with Gasteiger partial charge in [0.1, 0.15) is 11.6 Å². The van der Waals surface area contributed by atoms with Crippen molar-refractivity contribution in [2.75, 3.05) is 13.1 Å². The van der Waals surface area contributed by atoms with Crippen molar-refractivity contribution in [1.82, 2.24) is 14.9 Å². The van der Waals surface area contributed by atoms with E-state index < -0.39 is 21.7 Å². The summed E-state index contributed by atoms with van der Waals surface area (Å²) >= 11 is 0. The Balaban J connectivity index is 1.59. The van der Waals surface area contributed by atoms with Gasteiger partial charge in [-0.3, -0.25) is 9.69 Å². The summed E-state index contributed by atoms with van der Waals surface area (Å²) in [6.07, 6.45) is 1.36. The Morgan fingerprint density at radius 1 is 1.10 bits per heavy atom. The van der Waals surface area contributed by atoms with Crippen molar-refractivity contribution in [3.8, 4) is 0 Å². The van der Waals surface area contributed by atoms with Crippen LogP contribution in [0.25, 0.3) is 0 Å². The van der Waals surface area contributed by atoms with Crippen LogP contribution in [0.15, 0.2) is 47.4 Å². The minimum absolute atomic E-state index is 0.134. The molecule has 0 saturated carbocycles. The minimum Gasteiger partial charge on any atom is -0.349 e. The zero-order valence-electron chi connectivity index (χ0n) is 17.6. The highest BCUT2D eigenvalue weighted by Crippen LogP contribution is 2.18. The van der Waals surface area contributed by atoms with Gasteiger partial charge in [0, 0.05) is 31.7 Å². The Morgan fingerprint density at radius 3 is 2.35 bits per heavy atom. The van der Waals surface area contributed by atoms with Crippen molar-refractivity contribution in [2.24, 2.45) is 0 Å². The summed E-state index contributed by atoms with van der Waals surface area (Å²) in [5, 5.41) is 2.82. The molecular formula is C22H27F2N3O3S. The zero-order valence-corrected chi connectivity index (χ0v) is 18.4. The van der Waals surface area contributed by atoms with E-state index in [0.717, 1.165) is 36.9 Å². The number of likely N-dealkylation sites (tertiary alicyclic amines) is 1. The highest BCUT2D eigenvalue weighted by Gasteiger charge is 2.24. The van der Waals surface area contributed by atoms with Crippen molar-refractivity contribution in [1.29, 1.82) is 0 Å². The first-order valence-electron chi connectivity index (χ1n) is 10.2. The van der Waals surface area contributed by atoms with Crippen molar-refractivity contribution < 1.29 is 22.0 Å². The fourth-order valence-electron chi connectivity index (χ4n) is 3.57. The van der Waals surface area contributed by atoms with E-state index in [1.54, 1.807) is 26.0 Å². The molecule has 1 fully saturated rings. The van der Waals surface area contributed by atoms with Crippen molar-refractivity contribution >= 4 is 15.9 Å². The maximum Gasteiger partial charge on any atom is 0.254 e. The molecule has 31 heavy (non-hydrogen) atoms. The van der Waals surface area contributed by atoms with Crippen LogP contribution in [0.1, 0.15) is 42.6 Å². The van der Waals surface area contributed by atoms with Crippen LogP contribution in [0.4, 0.5) is 8.78 Å². The number of hydrogen-bond donors (Lipinski definition) is 2. The van der Waals surface area contributed by atoms with E-state index in [9.17, 15) is 22.0 Å². The highest BCUT2D eigenvalue weighted by molar-refractivity contribution is 7.89. The molecule has 0 aliphatic carbocycles. The van der Waals surface area contributed by atoms with Gasteiger partial charge in [-0.05, 0) is 62.6 Å². The van der Waals surface area contributed by atoms with Crippen LogP contribution in [-0.4, -0.2) is 44.4 Å². The van der Waals surface area contributed by atoms with E-state index in [-0.39, 0.29) is 28.4 Å². The summed E-state index contributed by atoms with van der Waals surface area (Å²) in [7, 11) is -3.83. The Labute approximate surface area is 181 Å². The lowest BCUT2D eigenvalue weighted by atomic mass is 10.0. The third-order valence-electron chi connectivity index (χ3n) is 5.13. The van der Waals surface area contributed by atoms with Crippen molar-refractivity contribution in [3.05, 3.63) is 65.2 Å². The Hall–Kier alpha value is -2.36. The Kier molecular flexibility index (Phi) is 7.40. The van der Waals surface area contributed by atoms with Gasteiger partial charge in [0.25, 0.3) is 5.91 Å². The molecule has 0 atom stereocenters. The van der Waals surface area contributed by atoms with Crippen LogP contribution in [0.2, 0.25) is 0 Å². The number of amides is 1. The van der Waals surface area contributed by atoms with Crippen molar-refractivity contribution in [2.45, 2.75) is 50.2 Å². The van der Waals surface area contributed by atoms with Crippen LogP contribution in [0.5, 0.6) is 0 Å². The molecule has 0 bridgehead atoms.